The third kappa shape index (κ3) is 4.36. The Kier molecular flexibility index (Phi) is 5.46. The fraction of sp³-hybridized carbons (Fsp3) is 0.286. The summed E-state index contributed by atoms with van der Waals surface area (Å²) < 4.78 is 5.06. The number of carbonyl (C=O) groups excluding carboxylic acids is 3. The van der Waals surface area contributed by atoms with Crippen LogP contribution in [0, 0.1) is 0 Å². The minimum Gasteiger partial charge on any atom is -0.455 e. The van der Waals surface area contributed by atoms with Crippen molar-refractivity contribution in [2.45, 2.75) is 32.6 Å². The summed E-state index contributed by atoms with van der Waals surface area (Å²) in [5, 5.41) is 2.61. The normalized spacial score (nSPS) is 12.3. The summed E-state index contributed by atoms with van der Waals surface area (Å²) in [6, 6.07) is 12.8. The smallest absolute Gasteiger partial charge is 0.310 e. The van der Waals surface area contributed by atoms with E-state index in [-0.39, 0.29) is 18.8 Å². The molecule has 1 aliphatic rings. The van der Waals surface area contributed by atoms with Crippen molar-refractivity contribution in [1.82, 2.24) is 0 Å². The van der Waals surface area contributed by atoms with Crippen LogP contribution in [0.25, 0.3) is 0 Å². The maximum Gasteiger partial charge on any atom is 0.310 e. The molecule has 0 radical (unpaired) electrons. The molecular formula is C21H21NO4. The predicted molar refractivity (Wildman–Crippen MR) is 98.2 cm³/mol. The number of ether oxygens (including phenoxy) is 1. The van der Waals surface area contributed by atoms with Gasteiger partial charge < -0.3 is 10.1 Å². The average molecular weight is 351 g/mol. The van der Waals surface area contributed by atoms with E-state index >= 15 is 0 Å². The van der Waals surface area contributed by atoms with Crippen LogP contribution in [-0.4, -0.2) is 24.3 Å². The molecule has 1 N–H and O–H groups in total. The standard InChI is InChI=1S/C21H21NO4/c1-14(23)18-7-2-3-8-19(18)22-20(24)13-26-21(25)12-15-9-10-16-5-4-6-17(16)11-15/h2-3,7-11H,4-6,12-13H2,1H3,(H,22,24). The zero-order valence-corrected chi connectivity index (χ0v) is 14.7. The molecule has 5 heteroatoms. The Balaban J connectivity index is 1.51. The summed E-state index contributed by atoms with van der Waals surface area (Å²) in [4.78, 5) is 35.5. The van der Waals surface area contributed by atoms with Crippen LogP contribution in [-0.2, 0) is 33.6 Å². The summed E-state index contributed by atoms with van der Waals surface area (Å²) in [5.74, 6) is -1.06. The lowest BCUT2D eigenvalue weighted by atomic mass is 10.0. The first-order valence-electron chi connectivity index (χ1n) is 8.69. The summed E-state index contributed by atoms with van der Waals surface area (Å²) in [6.45, 7) is 1.05. The molecule has 0 atom stereocenters. The largest absolute Gasteiger partial charge is 0.455 e. The zero-order chi connectivity index (χ0) is 18.5. The van der Waals surface area contributed by atoms with Crippen molar-refractivity contribution in [3.8, 4) is 0 Å². The van der Waals surface area contributed by atoms with E-state index in [1.54, 1.807) is 24.3 Å². The third-order valence-electron chi connectivity index (χ3n) is 4.46. The van der Waals surface area contributed by atoms with Crippen molar-refractivity contribution in [1.29, 1.82) is 0 Å². The number of anilines is 1. The molecule has 2 aromatic carbocycles. The topological polar surface area (TPSA) is 72.5 Å². The van der Waals surface area contributed by atoms with Gasteiger partial charge in [0, 0.05) is 5.56 Å². The molecule has 0 spiro atoms. The van der Waals surface area contributed by atoms with Crippen LogP contribution < -0.4 is 5.32 Å². The number of nitrogens with one attached hydrogen (secondary N) is 1. The van der Waals surface area contributed by atoms with Crippen LogP contribution >= 0.6 is 0 Å². The molecule has 1 aliphatic carbocycles. The SMILES string of the molecule is CC(=O)c1ccccc1NC(=O)COC(=O)Cc1ccc2c(c1)CCC2. The maximum atomic E-state index is 12.0. The molecule has 0 aliphatic heterocycles. The van der Waals surface area contributed by atoms with Crippen LogP contribution in [0.15, 0.2) is 42.5 Å². The summed E-state index contributed by atoms with van der Waals surface area (Å²) in [5.41, 5.74) is 4.39. The van der Waals surface area contributed by atoms with E-state index in [4.69, 9.17) is 4.74 Å². The summed E-state index contributed by atoms with van der Waals surface area (Å²) in [7, 11) is 0. The Morgan fingerprint density at radius 3 is 2.62 bits per heavy atom. The summed E-state index contributed by atoms with van der Waals surface area (Å²) >= 11 is 0. The van der Waals surface area contributed by atoms with Crippen molar-refractivity contribution in [2.24, 2.45) is 0 Å². The lowest BCUT2D eigenvalue weighted by Gasteiger charge is -2.10. The number of esters is 1. The minimum atomic E-state index is -0.471. The number of para-hydroxylation sites is 1. The molecule has 134 valence electrons. The summed E-state index contributed by atoms with van der Waals surface area (Å²) in [6.07, 6.45) is 3.45. The zero-order valence-electron chi connectivity index (χ0n) is 14.7. The molecule has 2 aromatic rings. The number of amides is 1. The van der Waals surface area contributed by atoms with Gasteiger partial charge in [0.25, 0.3) is 5.91 Å². The van der Waals surface area contributed by atoms with Gasteiger partial charge in [-0.25, -0.2) is 0 Å². The molecule has 0 saturated heterocycles. The van der Waals surface area contributed by atoms with Gasteiger partial charge in [-0.3, -0.25) is 14.4 Å². The number of Topliss-reactive ketones (excluding diaryl/α,β-unsaturated/α-hetero) is 1. The molecule has 3 rings (SSSR count). The molecule has 0 saturated carbocycles. The quantitative estimate of drug-likeness (QED) is 0.641. The van der Waals surface area contributed by atoms with Crippen LogP contribution in [0.4, 0.5) is 5.69 Å². The van der Waals surface area contributed by atoms with E-state index in [1.807, 2.05) is 12.1 Å². The van der Waals surface area contributed by atoms with Gasteiger partial charge >= 0.3 is 5.97 Å². The van der Waals surface area contributed by atoms with E-state index in [9.17, 15) is 14.4 Å². The first-order chi connectivity index (χ1) is 12.5. The lowest BCUT2D eigenvalue weighted by Crippen LogP contribution is -2.22. The highest BCUT2D eigenvalue weighted by Gasteiger charge is 2.14. The molecule has 0 aromatic heterocycles. The Morgan fingerprint density at radius 2 is 1.81 bits per heavy atom. The maximum absolute atomic E-state index is 12.0. The Bertz CT molecular complexity index is 857. The van der Waals surface area contributed by atoms with Crippen LogP contribution in [0.2, 0.25) is 0 Å². The Hall–Kier alpha value is -2.95. The van der Waals surface area contributed by atoms with Crippen LogP contribution in [0.5, 0.6) is 0 Å². The lowest BCUT2D eigenvalue weighted by molar-refractivity contribution is -0.146. The second-order valence-corrected chi connectivity index (χ2v) is 6.44. The van der Waals surface area contributed by atoms with Crippen molar-refractivity contribution >= 4 is 23.3 Å². The van der Waals surface area contributed by atoms with Gasteiger partial charge in [-0.1, -0.05) is 30.3 Å². The number of rotatable bonds is 6. The van der Waals surface area contributed by atoms with Gasteiger partial charge in [0.05, 0.1) is 12.1 Å². The Morgan fingerprint density at radius 1 is 1.04 bits per heavy atom. The number of ketones is 1. The third-order valence-corrected chi connectivity index (χ3v) is 4.46. The van der Waals surface area contributed by atoms with Gasteiger partial charge in [0.1, 0.15) is 0 Å². The first-order valence-corrected chi connectivity index (χ1v) is 8.69. The van der Waals surface area contributed by atoms with E-state index in [2.05, 4.69) is 11.4 Å². The van der Waals surface area contributed by atoms with E-state index in [1.165, 1.54) is 18.1 Å². The average Bonchev–Trinajstić information content (AvgIpc) is 3.08. The van der Waals surface area contributed by atoms with Gasteiger partial charge in [-0.2, -0.15) is 0 Å². The fourth-order valence-corrected chi connectivity index (χ4v) is 3.18. The molecule has 0 unspecified atom stereocenters. The first kappa shape index (κ1) is 17.9. The number of carbonyl (C=O) groups is 3. The molecule has 0 fully saturated rings. The van der Waals surface area contributed by atoms with Gasteiger partial charge in [0.2, 0.25) is 0 Å². The van der Waals surface area contributed by atoms with Crippen molar-refractivity contribution < 1.29 is 19.1 Å². The highest BCUT2D eigenvalue weighted by Crippen LogP contribution is 2.23. The molecule has 0 heterocycles. The number of fused-ring (bicyclic) bond motifs is 1. The van der Waals surface area contributed by atoms with Crippen molar-refractivity contribution in [2.75, 3.05) is 11.9 Å². The number of aryl methyl sites for hydroxylation is 2. The second kappa shape index (κ2) is 7.95. The van der Waals surface area contributed by atoms with Crippen molar-refractivity contribution in [3.63, 3.8) is 0 Å². The Labute approximate surface area is 152 Å². The molecule has 26 heavy (non-hydrogen) atoms. The van der Waals surface area contributed by atoms with Crippen molar-refractivity contribution in [3.05, 3.63) is 64.7 Å². The highest BCUT2D eigenvalue weighted by atomic mass is 16.5. The van der Waals surface area contributed by atoms with Gasteiger partial charge in [0.15, 0.2) is 12.4 Å². The fourth-order valence-electron chi connectivity index (χ4n) is 3.18. The number of hydrogen-bond acceptors (Lipinski definition) is 4. The van der Waals surface area contributed by atoms with Gasteiger partial charge in [-0.05, 0) is 55.0 Å². The number of hydrogen-bond donors (Lipinski definition) is 1. The van der Waals surface area contributed by atoms with Crippen LogP contribution in [0.1, 0.15) is 40.4 Å². The monoisotopic (exact) mass is 351 g/mol. The van der Waals surface area contributed by atoms with E-state index < -0.39 is 11.9 Å². The second-order valence-electron chi connectivity index (χ2n) is 6.44. The van der Waals surface area contributed by atoms with Crippen LogP contribution in [0.3, 0.4) is 0 Å². The highest BCUT2D eigenvalue weighted by molar-refractivity contribution is 6.04. The molecule has 0 bridgehead atoms. The number of benzene rings is 2. The molecular weight excluding hydrogens is 330 g/mol. The van der Waals surface area contributed by atoms with E-state index in [0.717, 1.165) is 24.8 Å². The minimum absolute atomic E-state index is 0.143. The molecule has 5 nitrogen and oxygen atoms in total. The molecule has 1 amide bonds. The van der Waals surface area contributed by atoms with Gasteiger partial charge in [-0.15, -0.1) is 0 Å². The predicted octanol–water partition coefficient (Wildman–Crippen LogP) is 3.10. The van der Waals surface area contributed by atoms with E-state index in [0.29, 0.717) is 11.3 Å².